The summed E-state index contributed by atoms with van der Waals surface area (Å²) < 4.78 is 10.5. The van der Waals surface area contributed by atoms with E-state index in [1.165, 1.54) is 0 Å². The van der Waals surface area contributed by atoms with Crippen molar-refractivity contribution in [2.24, 2.45) is 0 Å². The van der Waals surface area contributed by atoms with Gasteiger partial charge in [-0.15, -0.1) is 0 Å². The number of nitrogens with zero attached hydrogens (tertiary/aromatic N) is 1. The topological polar surface area (TPSA) is 60.5 Å². The van der Waals surface area contributed by atoms with E-state index in [0.29, 0.717) is 18.0 Å². The highest BCUT2D eigenvalue weighted by atomic mass is 32.1. The molecule has 0 atom stereocenters. The van der Waals surface area contributed by atoms with E-state index >= 15 is 0 Å². The number of amides is 1. The zero-order valence-corrected chi connectivity index (χ0v) is 15.5. The van der Waals surface area contributed by atoms with Crippen molar-refractivity contribution in [1.29, 1.82) is 0 Å². The summed E-state index contributed by atoms with van der Waals surface area (Å²) in [4.78, 5) is 16.5. The SMILES string of the molecule is COc1ccc(CC(=O)NCc2cncc(-c3ccsc3)c2)cc1OC. The summed E-state index contributed by atoms with van der Waals surface area (Å²) in [5.74, 6) is 1.21. The maximum atomic E-state index is 12.3. The van der Waals surface area contributed by atoms with Crippen LogP contribution in [0.15, 0.2) is 53.5 Å². The standard InChI is InChI=1S/C20H20N2O3S/c1-24-18-4-3-14(8-19(18)25-2)9-20(23)22-11-15-7-17(12-21-10-15)16-5-6-26-13-16/h3-8,10,12-13H,9,11H2,1-2H3,(H,22,23). The van der Waals surface area contributed by atoms with Gasteiger partial charge in [0.2, 0.25) is 5.91 Å². The predicted octanol–water partition coefficient (Wildman–Crippen LogP) is 3.69. The summed E-state index contributed by atoms with van der Waals surface area (Å²) in [7, 11) is 3.16. The lowest BCUT2D eigenvalue weighted by atomic mass is 10.1. The van der Waals surface area contributed by atoms with E-state index in [0.717, 1.165) is 22.3 Å². The molecule has 1 aromatic carbocycles. The number of methoxy groups -OCH3 is 2. The molecule has 26 heavy (non-hydrogen) atoms. The first-order chi connectivity index (χ1) is 12.7. The first-order valence-electron chi connectivity index (χ1n) is 8.13. The van der Waals surface area contributed by atoms with Gasteiger partial charge >= 0.3 is 0 Å². The van der Waals surface area contributed by atoms with Crippen molar-refractivity contribution < 1.29 is 14.3 Å². The Labute approximate surface area is 156 Å². The fourth-order valence-corrected chi connectivity index (χ4v) is 3.27. The largest absolute Gasteiger partial charge is 0.493 e. The fourth-order valence-electron chi connectivity index (χ4n) is 2.61. The minimum Gasteiger partial charge on any atom is -0.493 e. The lowest BCUT2D eigenvalue weighted by molar-refractivity contribution is -0.120. The average molecular weight is 368 g/mol. The molecule has 3 rings (SSSR count). The van der Waals surface area contributed by atoms with Crippen molar-refractivity contribution in [3.8, 4) is 22.6 Å². The van der Waals surface area contributed by atoms with Crippen LogP contribution in [-0.2, 0) is 17.8 Å². The van der Waals surface area contributed by atoms with Crippen molar-refractivity contribution in [2.45, 2.75) is 13.0 Å². The number of hydrogen-bond acceptors (Lipinski definition) is 5. The van der Waals surface area contributed by atoms with E-state index in [1.54, 1.807) is 37.8 Å². The summed E-state index contributed by atoms with van der Waals surface area (Å²) in [5, 5.41) is 7.05. The first kappa shape index (κ1) is 17.9. The quantitative estimate of drug-likeness (QED) is 0.691. The molecule has 5 nitrogen and oxygen atoms in total. The molecule has 0 aliphatic rings. The van der Waals surface area contributed by atoms with Crippen molar-refractivity contribution in [3.63, 3.8) is 0 Å². The molecule has 6 heteroatoms. The highest BCUT2D eigenvalue weighted by molar-refractivity contribution is 7.08. The van der Waals surface area contributed by atoms with Gasteiger partial charge in [-0.25, -0.2) is 0 Å². The Bertz CT molecular complexity index is 879. The second-order valence-corrected chi connectivity index (χ2v) is 6.52. The molecular formula is C20H20N2O3S. The van der Waals surface area contributed by atoms with E-state index in [9.17, 15) is 4.79 Å². The zero-order chi connectivity index (χ0) is 18.4. The molecule has 2 aromatic heterocycles. The van der Waals surface area contributed by atoms with Gasteiger partial charge in [-0.05, 0) is 51.7 Å². The number of carbonyl (C=O) groups excluding carboxylic acids is 1. The Balaban J connectivity index is 1.60. The minimum absolute atomic E-state index is 0.0573. The third-order valence-corrected chi connectivity index (χ3v) is 4.63. The van der Waals surface area contributed by atoms with Gasteiger partial charge in [0.25, 0.3) is 0 Å². The third kappa shape index (κ3) is 4.40. The molecule has 1 amide bonds. The molecule has 0 bridgehead atoms. The van der Waals surface area contributed by atoms with Gasteiger partial charge in [0.1, 0.15) is 0 Å². The van der Waals surface area contributed by atoms with Gasteiger partial charge in [-0.1, -0.05) is 6.07 Å². The van der Waals surface area contributed by atoms with Crippen LogP contribution in [-0.4, -0.2) is 25.1 Å². The molecule has 0 aliphatic carbocycles. The molecule has 0 unspecified atom stereocenters. The van der Waals surface area contributed by atoms with Gasteiger partial charge in [-0.2, -0.15) is 11.3 Å². The summed E-state index contributed by atoms with van der Waals surface area (Å²) in [6, 6.07) is 9.58. The number of ether oxygens (including phenoxy) is 2. The van der Waals surface area contributed by atoms with Crippen LogP contribution >= 0.6 is 11.3 Å². The number of carbonyl (C=O) groups is 1. The maximum absolute atomic E-state index is 12.3. The molecule has 2 heterocycles. The minimum atomic E-state index is -0.0573. The van der Waals surface area contributed by atoms with Gasteiger partial charge < -0.3 is 14.8 Å². The lowest BCUT2D eigenvalue weighted by Crippen LogP contribution is -2.24. The van der Waals surface area contributed by atoms with Crippen molar-refractivity contribution in [1.82, 2.24) is 10.3 Å². The van der Waals surface area contributed by atoms with E-state index in [2.05, 4.69) is 21.7 Å². The van der Waals surface area contributed by atoms with E-state index in [4.69, 9.17) is 9.47 Å². The molecule has 0 saturated heterocycles. The zero-order valence-electron chi connectivity index (χ0n) is 14.7. The molecule has 134 valence electrons. The van der Waals surface area contributed by atoms with E-state index < -0.39 is 0 Å². The highest BCUT2D eigenvalue weighted by Gasteiger charge is 2.09. The fraction of sp³-hybridized carbons (Fsp3) is 0.200. The second-order valence-electron chi connectivity index (χ2n) is 5.74. The van der Waals surface area contributed by atoms with Crippen LogP contribution < -0.4 is 14.8 Å². The summed E-state index contributed by atoms with van der Waals surface area (Å²) in [6.07, 6.45) is 3.88. The highest BCUT2D eigenvalue weighted by Crippen LogP contribution is 2.27. The number of nitrogens with one attached hydrogen (secondary N) is 1. The Kier molecular flexibility index (Phi) is 5.86. The van der Waals surface area contributed by atoms with Crippen LogP contribution in [0.3, 0.4) is 0 Å². The van der Waals surface area contributed by atoms with Gasteiger partial charge in [0, 0.05) is 24.5 Å². The number of rotatable bonds is 7. The monoisotopic (exact) mass is 368 g/mol. The van der Waals surface area contributed by atoms with Gasteiger partial charge in [0.05, 0.1) is 20.6 Å². The first-order valence-corrected chi connectivity index (χ1v) is 9.08. The molecule has 0 saturated carbocycles. The van der Waals surface area contributed by atoms with Crippen LogP contribution in [0, 0.1) is 0 Å². The number of thiophene rings is 1. The average Bonchev–Trinajstić information content (AvgIpc) is 3.21. The lowest BCUT2D eigenvalue weighted by Gasteiger charge is -2.10. The molecule has 0 radical (unpaired) electrons. The third-order valence-electron chi connectivity index (χ3n) is 3.95. The van der Waals surface area contributed by atoms with Gasteiger partial charge in [-0.3, -0.25) is 9.78 Å². The van der Waals surface area contributed by atoms with E-state index in [1.807, 2.05) is 29.8 Å². The van der Waals surface area contributed by atoms with Crippen LogP contribution in [0.5, 0.6) is 11.5 Å². The molecule has 0 spiro atoms. The summed E-state index contributed by atoms with van der Waals surface area (Å²) >= 11 is 1.65. The number of benzene rings is 1. The number of hydrogen-bond donors (Lipinski definition) is 1. The summed E-state index contributed by atoms with van der Waals surface area (Å²) in [5.41, 5.74) is 4.03. The molecular weight excluding hydrogens is 348 g/mol. The number of pyridine rings is 1. The smallest absolute Gasteiger partial charge is 0.224 e. The Morgan fingerprint density at radius 3 is 2.62 bits per heavy atom. The van der Waals surface area contributed by atoms with Gasteiger partial charge in [0.15, 0.2) is 11.5 Å². The summed E-state index contributed by atoms with van der Waals surface area (Å²) in [6.45, 7) is 0.442. The number of aromatic nitrogens is 1. The Morgan fingerprint density at radius 2 is 1.88 bits per heavy atom. The van der Waals surface area contributed by atoms with E-state index in [-0.39, 0.29) is 12.3 Å². The molecule has 0 fully saturated rings. The molecule has 1 N–H and O–H groups in total. The molecule has 3 aromatic rings. The Morgan fingerprint density at radius 1 is 1.04 bits per heavy atom. The van der Waals surface area contributed by atoms with Crippen molar-refractivity contribution in [3.05, 3.63) is 64.6 Å². The second kappa shape index (κ2) is 8.49. The van der Waals surface area contributed by atoms with Crippen LogP contribution in [0.4, 0.5) is 0 Å². The predicted molar refractivity (Wildman–Crippen MR) is 103 cm³/mol. The Hall–Kier alpha value is -2.86. The van der Waals surface area contributed by atoms with Crippen molar-refractivity contribution in [2.75, 3.05) is 14.2 Å². The molecule has 0 aliphatic heterocycles. The maximum Gasteiger partial charge on any atom is 0.224 e. The van der Waals surface area contributed by atoms with Crippen LogP contribution in [0.25, 0.3) is 11.1 Å². The normalized spacial score (nSPS) is 10.4. The van der Waals surface area contributed by atoms with Crippen molar-refractivity contribution >= 4 is 17.2 Å². The van der Waals surface area contributed by atoms with Crippen LogP contribution in [0.1, 0.15) is 11.1 Å². The van der Waals surface area contributed by atoms with Crippen LogP contribution in [0.2, 0.25) is 0 Å².